The molecule has 0 radical (unpaired) electrons. The molecule has 0 unspecified atom stereocenters. The van der Waals surface area contributed by atoms with Crippen molar-refractivity contribution >= 4 is 29.3 Å². The number of hydrogen-bond donors (Lipinski definition) is 1. The first-order chi connectivity index (χ1) is 12.1. The molecule has 0 spiro atoms. The number of amides is 1. The summed E-state index contributed by atoms with van der Waals surface area (Å²) in [7, 11) is 0. The van der Waals surface area contributed by atoms with E-state index in [2.05, 4.69) is 10.2 Å². The van der Waals surface area contributed by atoms with Gasteiger partial charge in [-0.05, 0) is 25.0 Å². The van der Waals surface area contributed by atoms with Gasteiger partial charge in [0.2, 0.25) is 5.91 Å². The van der Waals surface area contributed by atoms with E-state index < -0.39 is 5.82 Å². The molecule has 7 heteroatoms. The molecule has 1 amide bonds. The summed E-state index contributed by atoms with van der Waals surface area (Å²) in [4.78, 5) is 14.9. The zero-order valence-electron chi connectivity index (χ0n) is 14.2. The molecule has 0 bridgehead atoms. The molecule has 1 aromatic rings. The van der Waals surface area contributed by atoms with Crippen LogP contribution in [-0.2, 0) is 16.0 Å². The summed E-state index contributed by atoms with van der Waals surface area (Å²) in [6.45, 7) is 4.10. The third kappa shape index (κ3) is 4.67. The van der Waals surface area contributed by atoms with E-state index in [4.69, 9.17) is 16.3 Å². The number of halogens is 2. The van der Waals surface area contributed by atoms with Gasteiger partial charge in [-0.3, -0.25) is 9.69 Å². The predicted octanol–water partition coefficient (Wildman–Crippen LogP) is 2.74. The molecule has 2 fully saturated rings. The van der Waals surface area contributed by atoms with Gasteiger partial charge in [-0.1, -0.05) is 17.7 Å². The first-order valence-corrected chi connectivity index (χ1v) is 10.2. The van der Waals surface area contributed by atoms with Gasteiger partial charge in [0.25, 0.3) is 0 Å². The van der Waals surface area contributed by atoms with Crippen molar-refractivity contribution in [2.75, 3.05) is 44.4 Å². The second-order valence-electron chi connectivity index (χ2n) is 6.59. The van der Waals surface area contributed by atoms with Crippen molar-refractivity contribution < 1.29 is 13.9 Å². The second-order valence-corrected chi connectivity index (χ2v) is 8.22. The van der Waals surface area contributed by atoms with Crippen molar-refractivity contribution in [1.29, 1.82) is 0 Å². The molecular formula is C18H24ClFN2O2S. The summed E-state index contributed by atoms with van der Waals surface area (Å²) in [5, 5.41) is 3.32. The molecule has 4 nitrogen and oxygen atoms in total. The van der Waals surface area contributed by atoms with Crippen LogP contribution in [0.15, 0.2) is 18.2 Å². The maximum Gasteiger partial charge on any atom is 0.224 e. The second kappa shape index (κ2) is 8.71. The molecule has 0 saturated carbocycles. The molecule has 138 valence electrons. The molecule has 0 aromatic heterocycles. The number of ether oxygens (including phenoxy) is 1. The van der Waals surface area contributed by atoms with Crippen LogP contribution in [0, 0.1) is 5.82 Å². The molecule has 1 N–H and O–H groups in total. The number of hydrogen-bond acceptors (Lipinski definition) is 4. The average Bonchev–Trinajstić information content (AvgIpc) is 2.65. The molecule has 2 heterocycles. The van der Waals surface area contributed by atoms with Crippen molar-refractivity contribution in [2.24, 2.45) is 0 Å². The summed E-state index contributed by atoms with van der Waals surface area (Å²) in [6, 6.07) is 4.49. The molecule has 25 heavy (non-hydrogen) atoms. The first-order valence-electron chi connectivity index (χ1n) is 8.71. The minimum absolute atomic E-state index is 0.0338. The van der Waals surface area contributed by atoms with Crippen LogP contribution in [0.4, 0.5) is 4.39 Å². The third-order valence-corrected chi connectivity index (χ3v) is 6.42. The summed E-state index contributed by atoms with van der Waals surface area (Å²) in [5.41, 5.74) is 0.213. The Labute approximate surface area is 157 Å². The van der Waals surface area contributed by atoms with Crippen LogP contribution in [0.2, 0.25) is 5.02 Å². The normalized spacial score (nSPS) is 21.0. The van der Waals surface area contributed by atoms with Gasteiger partial charge >= 0.3 is 0 Å². The van der Waals surface area contributed by atoms with Crippen LogP contribution in [0.5, 0.6) is 0 Å². The average molecular weight is 387 g/mol. The Hall–Kier alpha value is -0.820. The summed E-state index contributed by atoms with van der Waals surface area (Å²) in [5.74, 6) is 1.63. The van der Waals surface area contributed by atoms with Gasteiger partial charge in [0.05, 0.1) is 6.42 Å². The van der Waals surface area contributed by atoms with Crippen molar-refractivity contribution in [2.45, 2.75) is 24.8 Å². The highest BCUT2D eigenvalue weighted by atomic mass is 35.5. The number of carbonyl (C=O) groups is 1. The van der Waals surface area contributed by atoms with E-state index in [-0.39, 0.29) is 23.4 Å². The monoisotopic (exact) mass is 386 g/mol. The molecule has 2 saturated heterocycles. The van der Waals surface area contributed by atoms with Crippen molar-refractivity contribution in [3.63, 3.8) is 0 Å². The van der Waals surface area contributed by atoms with Crippen LogP contribution in [0.1, 0.15) is 18.4 Å². The minimum Gasteiger partial charge on any atom is -0.381 e. The fraction of sp³-hybridized carbons (Fsp3) is 0.611. The number of nitrogens with zero attached hydrogens (tertiary/aromatic N) is 1. The number of rotatable bonds is 5. The zero-order valence-corrected chi connectivity index (χ0v) is 15.8. The lowest BCUT2D eigenvalue weighted by Gasteiger charge is -2.48. The Morgan fingerprint density at radius 1 is 1.32 bits per heavy atom. The molecule has 1 aromatic carbocycles. The maximum absolute atomic E-state index is 13.9. The quantitative estimate of drug-likeness (QED) is 0.844. The molecule has 2 aliphatic rings. The molecule has 2 aliphatic heterocycles. The zero-order chi connectivity index (χ0) is 17.7. The standard InChI is InChI=1S/C18H24ClFN2O2S/c19-15-2-1-3-16(20)14(15)12-17(23)21-13-18(4-8-24-9-5-18)22-6-10-25-11-7-22/h1-3H,4-13H2,(H,21,23). The van der Waals surface area contributed by atoms with Gasteiger partial charge in [-0.15, -0.1) is 0 Å². The van der Waals surface area contributed by atoms with Gasteiger partial charge < -0.3 is 10.1 Å². The lowest BCUT2D eigenvalue weighted by Crippen LogP contribution is -2.60. The van der Waals surface area contributed by atoms with Gasteiger partial charge in [0.1, 0.15) is 5.82 Å². The van der Waals surface area contributed by atoms with Crippen LogP contribution in [0.25, 0.3) is 0 Å². The predicted molar refractivity (Wildman–Crippen MR) is 99.8 cm³/mol. The Morgan fingerprint density at radius 2 is 2.04 bits per heavy atom. The number of nitrogens with one attached hydrogen (secondary N) is 1. The molecule has 0 aliphatic carbocycles. The fourth-order valence-electron chi connectivity index (χ4n) is 3.58. The lowest BCUT2D eigenvalue weighted by atomic mass is 9.87. The van der Waals surface area contributed by atoms with Crippen molar-refractivity contribution in [3.8, 4) is 0 Å². The first kappa shape index (κ1) is 19.0. The fourth-order valence-corrected chi connectivity index (χ4v) is 4.71. The van der Waals surface area contributed by atoms with Crippen LogP contribution < -0.4 is 5.32 Å². The molecule has 3 rings (SSSR count). The lowest BCUT2D eigenvalue weighted by molar-refractivity contribution is -0.121. The van der Waals surface area contributed by atoms with Crippen molar-refractivity contribution in [1.82, 2.24) is 10.2 Å². The van der Waals surface area contributed by atoms with E-state index in [0.29, 0.717) is 11.6 Å². The summed E-state index contributed by atoms with van der Waals surface area (Å²) < 4.78 is 19.4. The third-order valence-electron chi connectivity index (χ3n) is 5.12. The van der Waals surface area contributed by atoms with E-state index in [9.17, 15) is 9.18 Å². The van der Waals surface area contributed by atoms with Crippen LogP contribution >= 0.6 is 23.4 Å². The van der Waals surface area contributed by atoms with E-state index in [1.165, 1.54) is 6.07 Å². The van der Waals surface area contributed by atoms with Gasteiger partial charge in [0, 0.05) is 60.5 Å². The van der Waals surface area contributed by atoms with E-state index in [1.54, 1.807) is 12.1 Å². The molecule has 0 atom stereocenters. The van der Waals surface area contributed by atoms with E-state index >= 15 is 0 Å². The summed E-state index contributed by atoms with van der Waals surface area (Å²) >= 11 is 8.00. The van der Waals surface area contributed by atoms with Gasteiger partial charge in [-0.2, -0.15) is 11.8 Å². The number of thioether (sulfide) groups is 1. The number of benzene rings is 1. The minimum atomic E-state index is -0.434. The smallest absolute Gasteiger partial charge is 0.224 e. The number of carbonyl (C=O) groups excluding carboxylic acids is 1. The van der Waals surface area contributed by atoms with E-state index in [0.717, 1.165) is 50.7 Å². The van der Waals surface area contributed by atoms with Gasteiger partial charge in [-0.25, -0.2) is 4.39 Å². The topological polar surface area (TPSA) is 41.6 Å². The Bertz CT molecular complexity index is 584. The highest BCUT2D eigenvalue weighted by Gasteiger charge is 2.39. The highest BCUT2D eigenvalue weighted by Crippen LogP contribution is 2.30. The van der Waals surface area contributed by atoms with Gasteiger partial charge in [0.15, 0.2) is 0 Å². The SMILES string of the molecule is O=C(Cc1c(F)cccc1Cl)NCC1(N2CCSCC2)CCOCC1. The van der Waals surface area contributed by atoms with Crippen molar-refractivity contribution in [3.05, 3.63) is 34.6 Å². The molecular weight excluding hydrogens is 363 g/mol. The summed E-state index contributed by atoms with van der Waals surface area (Å²) in [6.07, 6.45) is 1.80. The van der Waals surface area contributed by atoms with Crippen LogP contribution in [0.3, 0.4) is 0 Å². The maximum atomic E-state index is 13.9. The van der Waals surface area contributed by atoms with Crippen LogP contribution in [-0.4, -0.2) is 60.7 Å². The Kier molecular flexibility index (Phi) is 6.61. The Balaban J connectivity index is 1.63. The Morgan fingerprint density at radius 3 is 2.72 bits per heavy atom. The highest BCUT2D eigenvalue weighted by molar-refractivity contribution is 7.99. The largest absolute Gasteiger partial charge is 0.381 e. The van der Waals surface area contributed by atoms with E-state index in [1.807, 2.05) is 11.8 Å².